The van der Waals surface area contributed by atoms with Crippen LogP contribution in [0.3, 0.4) is 0 Å². The number of aryl methyl sites for hydroxylation is 1. The first-order chi connectivity index (χ1) is 10.4. The Hall–Kier alpha value is -1.09. The fraction of sp³-hybridized carbons (Fsp3) is 0.667. The number of amides is 1. The molecular weight excluding hydrogens is 352 g/mol. The first-order valence-electron chi connectivity index (χ1n) is 7.54. The molecule has 1 atom stereocenters. The zero-order valence-corrected chi connectivity index (χ0v) is 16.8. The molecule has 0 aliphatic heterocycles. The molecule has 0 fully saturated rings. The van der Waals surface area contributed by atoms with Gasteiger partial charge >= 0.3 is 0 Å². The van der Waals surface area contributed by atoms with Crippen LogP contribution in [0, 0.1) is 5.92 Å². The Morgan fingerprint density at radius 3 is 2.38 bits per heavy atom. The molecular formula is C15H29ClN4O3S. The van der Waals surface area contributed by atoms with E-state index in [4.69, 9.17) is 5.73 Å². The van der Waals surface area contributed by atoms with E-state index in [9.17, 15) is 13.2 Å². The molecule has 0 bridgehead atoms. The minimum absolute atomic E-state index is 0. The molecule has 0 aromatic carbocycles. The quantitative estimate of drug-likeness (QED) is 0.742. The highest BCUT2D eigenvalue weighted by Crippen LogP contribution is 2.21. The van der Waals surface area contributed by atoms with E-state index in [1.54, 1.807) is 28.1 Å². The summed E-state index contributed by atoms with van der Waals surface area (Å²) in [6.07, 6.45) is 2.06. The van der Waals surface area contributed by atoms with Crippen molar-refractivity contribution in [1.82, 2.24) is 14.2 Å². The lowest BCUT2D eigenvalue weighted by atomic mass is 9.92. The second-order valence-corrected chi connectivity index (χ2v) is 8.52. The Kier molecular flexibility index (Phi) is 7.95. The number of carbonyl (C=O) groups is 1. The van der Waals surface area contributed by atoms with Crippen molar-refractivity contribution in [2.24, 2.45) is 18.7 Å². The second-order valence-electron chi connectivity index (χ2n) is 6.84. The monoisotopic (exact) mass is 380 g/mol. The number of hydrogen-bond donors (Lipinski definition) is 2. The molecule has 1 heterocycles. The molecule has 9 heteroatoms. The molecule has 1 aromatic rings. The van der Waals surface area contributed by atoms with E-state index < -0.39 is 15.6 Å². The normalized spacial score (nSPS) is 14.2. The summed E-state index contributed by atoms with van der Waals surface area (Å²) in [5, 5.41) is 0. The number of hydrogen-bond acceptors (Lipinski definition) is 4. The number of nitrogens with one attached hydrogen (secondary N) is 1. The molecule has 3 N–H and O–H groups in total. The Morgan fingerprint density at radius 2 is 1.96 bits per heavy atom. The van der Waals surface area contributed by atoms with E-state index in [2.05, 4.69) is 4.72 Å². The largest absolute Gasteiger partial charge is 0.345 e. The molecule has 0 radical (unpaired) electrons. The fourth-order valence-corrected chi connectivity index (χ4v) is 4.07. The second kappa shape index (κ2) is 8.33. The molecule has 1 unspecified atom stereocenters. The van der Waals surface area contributed by atoms with Gasteiger partial charge in [-0.05, 0) is 25.3 Å². The summed E-state index contributed by atoms with van der Waals surface area (Å²) in [6, 6.07) is 1.39. The minimum atomic E-state index is -3.76. The smallest absolute Gasteiger partial charge is 0.269 e. The van der Waals surface area contributed by atoms with Crippen LogP contribution in [0.4, 0.5) is 0 Å². The maximum Gasteiger partial charge on any atom is 0.269 e. The predicted molar refractivity (Wildman–Crippen MR) is 97.9 cm³/mol. The van der Waals surface area contributed by atoms with Gasteiger partial charge in [0.15, 0.2) is 0 Å². The summed E-state index contributed by atoms with van der Waals surface area (Å²) in [6.45, 7) is 6.01. The van der Waals surface area contributed by atoms with Crippen molar-refractivity contribution in [3.63, 3.8) is 0 Å². The molecule has 0 saturated heterocycles. The van der Waals surface area contributed by atoms with Crippen molar-refractivity contribution in [3.05, 3.63) is 18.0 Å². The van der Waals surface area contributed by atoms with Crippen molar-refractivity contribution >= 4 is 28.3 Å². The van der Waals surface area contributed by atoms with Crippen LogP contribution in [0.5, 0.6) is 0 Å². The van der Waals surface area contributed by atoms with E-state index in [0.29, 0.717) is 18.0 Å². The molecule has 1 amide bonds. The van der Waals surface area contributed by atoms with Crippen molar-refractivity contribution in [3.8, 4) is 0 Å². The minimum Gasteiger partial charge on any atom is -0.345 e. The van der Waals surface area contributed by atoms with Gasteiger partial charge in [-0.1, -0.05) is 13.8 Å². The topological polar surface area (TPSA) is 97.4 Å². The van der Waals surface area contributed by atoms with Crippen LogP contribution in [-0.4, -0.2) is 50.0 Å². The first-order valence-corrected chi connectivity index (χ1v) is 9.02. The van der Waals surface area contributed by atoms with Gasteiger partial charge in [0.1, 0.15) is 10.6 Å². The van der Waals surface area contributed by atoms with Gasteiger partial charge in [-0.3, -0.25) is 4.79 Å². The lowest BCUT2D eigenvalue weighted by Gasteiger charge is -2.30. The number of aromatic nitrogens is 1. The van der Waals surface area contributed by atoms with Crippen molar-refractivity contribution in [2.45, 2.75) is 37.6 Å². The van der Waals surface area contributed by atoms with Gasteiger partial charge in [0.25, 0.3) is 5.91 Å². The van der Waals surface area contributed by atoms with Gasteiger partial charge in [0, 0.05) is 39.4 Å². The molecule has 1 aromatic heterocycles. The maximum atomic E-state index is 12.6. The third kappa shape index (κ3) is 5.47. The number of sulfonamides is 1. The van der Waals surface area contributed by atoms with E-state index >= 15 is 0 Å². The van der Waals surface area contributed by atoms with Crippen LogP contribution in [-0.2, 0) is 17.1 Å². The van der Waals surface area contributed by atoms with Crippen molar-refractivity contribution in [2.75, 3.05) is 20.6 Å². The van der Waals surface area contributed by atoms with Crippen LogP contribution in [0.2, 0.25) is 0 Å². The summed E-state index contributed by atoms with van der Waals surface area (Å²) in [5.74, 6) is 0.0469. The third-order valence-corrected chi connectivity index (χ3v) is 5.21. The predicted octanol–water partition coefficient (Wildman–Crippen LogP) is 1.19. The summed E-state index contributed by atoms with van der Waals surface area (Å²) in [4.78, 5) is 13.5. The van der Waals surface area contributed by atoms with Gasteiger partial charge in [0.2, 0.25) is 10.0 Å². The van der Waals surface area contributed by atoms with Gasteiger partial charge in [-0.15, -0.1) is 12.4 Å². The fourth-order valence-electron chi connectivity index (χ4n) is 2.57. The summed E-state index contributed by atoms with van der Waals surface area (Å²) >= 11 is 0. The number of rotatable bonds is 7. The number of nitrogens with zero attached hydrogens (tertiary/aromatic N) is 2. The van der Waals surface area contributed by atoms with E-state index in [0.717, 1.165) is 0 Å². The van der Waals surface area contributed by atoms with Crippen molar-refractivity contribution in [1.29, 1.82) is 0 Å². The zero-order chi connectivity index (χ0) is 18.0. The summed E-state index contributed by atoms with van der Waals surface area (Å²) in [5.41, 5.74) is 5.36. The van der Waals surface area contributed by atoms with E-state index in [1.807, 2.05) is 13.8 Å². The maximum absolute atomic E-state index is 12.6. The molecule has 1 rings (SSSR count). The van der Waals surface area contributed by atoms with Crippen LogP contribution in [0.1, 0.15) is 37.7 Å². The molecule has 0 aliphatic rings. The Balaban J connectivity index is 0.00000529. The first kappa shape index (κ1) is 22.9. The van der Waals surface area contributed by atoms with Crippen LogP contribution in [0.15, 0.2) is 17.2 Å². The van der Waals surface area contributed by atoms with Crippen LogP contribution in [0.25, 0.3) is 0 Å². The van der Waals surface area contributed by atoms with Gasteiger partial charge in [-0.2, -0.15) is 0 Å². The van der Waals surface area contributed by atoms with E-state index in [1.165, 1.54) is 21.7 Å². The average Bonchev–Trinajstić information content (AvgIpc) is 2.79. The van der Waals surface area contributed by atoms with Gasteiger partial charge in [0.05, 0.1) is 0 Å². The lowest BCUT2D eigenvalue weighted by molar-refractivity contribution is 0.0818. The molecule has 0 spiro atoms. The summed E-state index contributed by atoms with van der Waals surface area (Å²) < 4.78 is 29.5. The highest BCUT2D eigenvalue weighted by molar-refractivity contribution is 7.89. The Labute approximate surface area is 151 Å². The highest BCUT2D eigenvalue weighted by Gasteiger charge is 2.31. The zero-order valence-electron chi connectivity index (χ0n) is 15.2. The van der Waals surface area contributed by atoms with E-state index in [-0.39, 0.29) is 29.8 Å². The van der Waals surface area contributed by atoms with Crippen LogP contribution < -0.4 is 10.5 Å². The molecule has 140 valence electrons. The highest BCUT2D eigenvalue weighted by atomic mass is 35.5. The molecule has 7 nitrogen and oxygen atoms in total. The molecule has 0 aliphatic carbocycles. The third-order valence-electron chi connectivity index (χ3n) is 3.61. The van der Waals surface area contributed by atoms with Crippen LogP contribution >= 0.6 is 12.4 Å². The van der Waals surface area contributed by atoms with Crippen molar-refractivity contribution < 1.29 is 13.2 Å². The summed E-state index contributed by atoms with van der Waals surface area (Å²) in [7, 11) is 1.13. The lowest BCUT2D eigenvalue weighted by Crippen LogP contribution is -2.51. The number of halogens is 1. The molecule has 24 heavy (non-hydrogen) atoms. The SMILES string of the molecule is CC(C)CC(C)(CN)NS(=O)(=O)c1cc(C(=O)N(C)C)n(C)c1.Cl. The molecule has 0 saturated carbocycles. The Bertz CT molecular complexity index is 670. The van der Waals surface area contributed by atoms with Gasteiger partial charge < -0.3 is 15.2 Å². The number of nitrogens with two attached hydrogens (primary N) is 1. The van der Waals surface area contributed by atoms with Gasteiger partial charge in [-0.25, -0.2) is 13.1 Å². The average molecular weight is 381 g/mol. The number of carbonyl (C=O) groups excluding carboxylic acids is 1. The Morgan fingerprint density at radius 1 is 1.42 bits per heavy atom. The standard InChI is InChI=1S/C15H28N4O3S.ClH/c1-11(2)8-15(3,10-16)17-23(21,22)12-7-13(19(6)9-12)14(20)18(4)5;/h7,9,11,17H,8,10,16H2,1-6H3;1H.